The van der Waals surface area contributed by atoms with Crippen molar-refractivity contribution in [2.45, 2.75) is 6.92 Å². The average Bonchev–Trinajstić information content (AvgIpc) is 3.16. The minimum Gasteiger partial charge on any atom is -0.462 e. The number of ether oxygens (including phenoxy) is 1. The molecule has 0 aliphatic heterocycles. The zero-order valence-corrected chi connectivity index (χ0v) is 17.4. The van der Waals surface area contributed by atoms with E-state index in [4.69, 9.17) is 31.3 Å². The molecular weight excluding hydrogens is 412 g/mol. The Balaban J connectivity index is 1.82. The van der Waals surface area contributed by atoms with Gasteiger partial charge in [-0.15, -0.1) is 0 Å². The fourth-order valence-corrected chi connectivity index (χ4v) is 3.73. The molecule has 0 saturated heterocycles. The lowest BCUT2D eigenvalue weighted by Gasteiger charge is -2.11. The molecule has 2 heterocycles. The molecule has 31 heavy (non-hydrogen) atoms. The lowest BCUT2D eigenvalue weighted by molar-refractivity contribution is 0.0526. The summed E-state index contributed by atoms with van der Waals surface area (Å²) in [6.45, 7) is 2.08. The largest absolute Gasteiger partial charge is 0.462 e. The summed E-state index contributed by atoms with van der Waals surface area (Å²) in [6, 6.07) is 22.3. The van der Waals surface area contributed by atoms with E-state index in [2.05, 4.69) is 0 Å². The number of benzene rings is 3. The molecule has 5 aromatic rings. The highest BCUT2D eigenvalue weighted by Crippen LogP contribution is 2.32. The fraction of sp³-hybridized carbons (Fsp3) is 0.0833. The first-order valence-electron chi connectivity index (χ1n) is 9.83. The Hall–Kier alpha value is -3.77. The molecule has 2 aromatic heterocycles. The lowest BCUT2D eigenvalue weighted by Crippen LogP contribution is -2.06. The molecule has 3 aromatic carbocycles. The third kappa shape index (κ3) is 3.41. The highest BCUT2D eigenvalue weighted by Gasteiger charge is 2.20. The van der Waals surface area contributed by atoms with Crippen LogP contribution in [-0.4, -0.2) is 32.1 Å². The van der Waals surface area contributed by atoms with Crippen molar-refractivity contribution in [1.29, 1.82) is 0 Å². The summed E-state index contributed by atoms with van der Waals surface area (Å²) >= 11 is 6.51. The standard InChI is InChI=1S/C24H17ClN4O2/c1-2-31-24(30)15-8-7-9-16(14-15)29-22(17-10-3-4-11-18(17)25)28-21-23(29)27-20-13-6-5-12-19(20)26-21/h3-14H,2H2,1H3. The summed E-state index contributed by atoms with van der Waals surface area (Å²) in [7, 11) is 0. The molecule has 0 amide bonds. The molecule has 0 saturated carbocycles. The van der Waals surface area contributed by atoms with Crippen LogP contribution in [0.5, 0.6) is 0 Å². The molecule has 0 atom stereocenters. The van der Waals surface area contributed by atoms with Crippen molar-refractivity contribution >= 4 is 39.9 Å². The number of aromatic nitrogens is 4. The number of fused-ring (bicyclic) bond motifs is 2. The number of rotatable bonds is 4. The molecule has 0 bridgehead atoms. The summed E-state index contributed by atoms with van der Waals surface area (Å²) in [5, 5.41) is 0.560. The van der Waals surface area contributed by atoms with Gasteiger partial charge in [0.05, 0.1) is 33.9 Å². The molecule has 7 heteroatoms. The topological polar surface area (TPSA) is 69.9 Å². The molecule has 0 N–H and O–H groups in total. The Labute approximate surface area is 183 Å². The number of hydrogen-bond acceptors (Lipinski definition) is 5. The maximum Gasteiger partial charge on any atom is 0.338 e. The van der Waals surface area contributed by atoms with E-state index in [0.717, 1.165) is 16.6 Å². The molecule has 0 aliphatic carbocycles. The summed E-state index contributed by atoms with van der Waals surface area (Å²) in [5.74, 6) is 0.210. The quantitative estimate of drug-likeness (QED) is 0.355. The van der Waals surface area contributed by atoms with Crippen LogP contribution in [0.3, 0.4) is 0 Å². The van der Waals surface area contributed by atoms with Crippen LogP contribution >= 0.6 is 11.6 Å². The van der Waals surface area contributed by atoms with Crippen molar-refractivity contribution in [3.05, 3.63) is 83.4 Å². The van der Waals surface area contributed by atoms with Gasteiger partial charge in [-0.1, -0.05) is 41.9 Å². The van der Waals surface area contributed by atoms with Crippen LogP contribution < -0.4 is 0 Å². The van der Waals surface area contributed by atoms with Gasteiger partial charge in [0, 0.05) is 5.56 Å². The summed E-state index contributed by atoms with van der Waals surface area (Å²) < 4.78 is 7.04. The van der Waals surface area contributed by atoms with Gasteiger partial charge in [0.25, 0.3) is 0 Å². The van der Waals surface area contributed by atoms with E-state index in [-0.39, 0.29) is 5.97 Å². The van der Waals surface area contributed by atoms with Crippen molar-refractivity contribution in [2.75, 3.05) is 6.61 Å². The summed E-state index contributed by atoms with van der Waals surface area (Å²) in [5.41, 5.74) is 4.49. The Morgan fingerprint density at radius 1 is 0.935 bits per heavy atom. The number of halogens is 1. The predicted octanol–water partition coefficient (Wildman–Crippen LogP) is 5.47. The lowest BCUT2D eigenvalue weighted by atomic mass is 10.1. The Morgan fingerprint density at radius 2 is 1.68 bits per heavy atom. The molecule has 0 radical (unpaired) electrons. The van der Waals surface area contributed by atoms with E-state index in [1.54, 1.807) is 25.1 Å². The van der Waals surface area contributed by atoms with E-state index in [9.17, 15) is 4.79 Å². The minimum atomic E-state index is -0.385. The summed E-state index contributed by atoms with van der Waals surface area (Å²) in [6.07, 6.45) is 0. The van der Waals surface area contributed by atoms with Gasteiger partial charge in [0.15, 0.2) is 11.3 Å². The van der Waals surface area contributed by atoms with Gasteiger partial charge in [-0.25, -0.2) is 19.7 Å². The number of imidazole rings is 1. The minimum absolute atomic E-state index is 0.305. The van der Waals surface area contributed by atoms with Crippen LogP contribution in [0, 0.1) is 0 Å². The predicted molar refractivity (Wildman–Crippen MR) is 121 cm³/mol. The summed E-state index contributed by atoms with van der Waals surface area (Å²) in [4.78, 5) is 26.6. The Kier molecular flexibility index (Phi) is 4.84. The molecular formula is C24H17ClN4O2. The van der Waals surface area contributed by atoms with Gasteiger partial charge in [0.1, 0.15) is 5.82 Å². The highest BCUT2D eigenvalue weighted by atomic mass is 35.5. The number of nitrogens with zero attached hydrogens (tertiary/aromatic N) is 4. The second-order valence-electron chi connectivity index (χ2n) is 6.88. The van der Waals surface area contributed by atoms with Crippen LogP contribution in [0.25, 0.3) is 39.4 Å². The van der Waals surface area contributed by atoms with Crippen LogP contribution in [-0.2, 0) is 4.74 Å². The Morgan fingerprint density at radius 3 is 2.45 bits per heavy atom. The Bertz CT molecular complexity index is 1440. The van der Waals surface area contributed by atoms with Crippen LogP contribution in [0.15, 0.2) is 72.8 Å². The van der Waals surface area contributed by atoms with E-state index >= 15 is 0 Å². The normalized spacial score (nSPS) is 11.2. The van der Waals surface area contributed by atoms with Gasteiger partial charge in [-0.05, 0) is 49.4 Å². The second kappa shape index (κ2) is 7.81. The maximum absolute atomic E-state index is 12.3. The zero-order valence-electron chi connectivity index (χ0n) is 16.6. The van der Waals surface area contributed by atoms with Gasteiger partial charge in [0.2, 0.25) is 0 Å². The first-order valence-corrected chi connectivity index (χ1v) is 10.2. The van der Waals surface area contributed by atoms with Gasteiger partial charge < -0.3 is 4.74 Å². The molecule has 0 spiro atoms. The van der Waals surface area contributed by atoms with Crippen LogP contribution in [0.1, 0.15) is 17.3 Å². The van der Waals surface area contributed by atoms with Crippen molar-refractivity contribution in [3.63, 3.8) is 0 Å². The first-order chi connectivity index (χ1) is 15.2. The van der Waals surface area contributed by atoms with Crippen molar-refractivity contribution in [2.24, 2.45) is 0 Å². The molecule has 0 aliphatic rings. The monoisotopic (exact) mass is 428 g/mol. The smallest absolute Gasteiger partial charge is 0.338 e. The van der Waals surface area contributed by atoms with Gasteiger partial charge >= 0.3 is 5.97 Å². The number of para-hydroxylation sites is 2. The van der Waals surface area contributed by atoms with Crippen molar-refractivity contribution in [3.8, 4) is 17.1 Å². The van der Waals surface area contributed by atoms with Gasteiger partial charge in [-0.2, -0.15) is 0 Å². The van der Waals surface area contributed by atoms with Crippen molar-refractivity contribution in [1.82, 2.24) is 19.5 Å². The number of hydrogen-bond donors (Lipinski definition) is 0. The van der Waals surface area contributed by atoms with Gasteiger partial charge in [-0.3, -0.25) is 4.57 Å². The molecule has 0 fully saturated rings. The molecule has 5 rings (SSSR count). The van der Waals surface area contributed by atoms with Crippen LogP contribution in [0.2, 0.25) is 5.02 Å². The average molecular weight is 429 g/mol. The third-order valence-electron chi connectivity index (χ3n) is 4.90. The highest BCUT2D eigenvalue weighted by molar-refractivity contribution is 6.33. The number of carbonyl (C=O) groups excluding carboxylic acids is 1. The molecule has 152 valence electrons. The van der Waals surface area contributed by atoms with E-state index in [1.807, 2.05) is 59.2 Å². The second-order valence-corrected chi connectivity index (χ2v) is 7.29. The van der Waals surface area contributed by atoms with Crippen molar-refractivity contribution < 1.29 is 9.53 Å². The van der Waals surface area contributed by atoms with E-state index < -0.39 is 0 Å². The van der Waals surface area contributed by atoms with Crippen LogP contribution in [0.4, 0.5) is 0 Å². The van der Waals surface area contributed by atoms with E-state index in [1.165, 1.54) is 0 Å². The fourth-order valence-electron chi connectivity index (χ4n) is 3.51. The third-order valence-corrected chi connectivity index (χ3v) is 5.23. The molecule has 0 unspecified atom stereocenters. The van der Waals surface area contributed by atoms with E-state index in [0.29, 0.717) is 40.0 Å². The maximum atomic E-state index is 12.3. The SMILES string of the molecule is CCOC(=O)c1cccc(-n2c(-c3ccccc3Cl)nc3nc4ccccc4nc32)c1. The first kappa shape index (κ1) is 19.2. The zero-order chi connectivity index (χ0) is 21.4. The number of esters is 1. The molecule has 6 nitrogen and oxygen atoms in total. The number of carbonyl (C=O) groups is 1.